The first-order valence-corrected chi connectivity index (χ1v) is 9.16. The van der Waals surface area contributed by atoms with E-state index in [9.17, 15) is 15.0 Å². The van der Waals surface area contributed by atoms with Crippen molar-refractivity contribution in [1.29, 1.82) is 0 Å². The largest absolute Gasteiger partial charge is 0.393 e. The van der Waals surface area contributed by atoms with Gasteiger partial charge in [0.05, 0.1) is 24.6 Å². The van der Waals surface area contributed by atoms with Gasteiger partial charge < -0.3 is 34.4 Å². The Labute approximate surface area is 183 Å². The van der Waals surface area contributed by atoms with Crippen molar-refractivity contribution in [1.82, 2.24) is 19.5 Å². The van der Waals surface area contributed by atoms with Crippen LogP contribution in [0, 0.1) is 18.0 Å². The van der Waals surface area contributed by atoms with E-state index in [4.69, 9.17) is 0 Å². The van der Waals surface area contributed by atoms with Gasteiger partial charge in [-0.15, -0.1) is 0 Å². The molecule has 3 heterocycles. The molecule has 2 aliphatic rings. The van der Waals surface area contributed by atoms with Gasteiger partial charge in [0.15, 0.2) is 0 Å². The third-order valence-electron chi connectivity index (χ3n) is 5.68. The van der Waals surface area contributed by atoms with Gasteiger partial charge in [0.1, 0.15) is 11.7 Å². The molecule has 0 unspecified atom stereocenters. The van der Waals surface area contributed by atoms with Gasteiger partial charge in [-0.25, -0.2) is 0 Å². The third kappa shape index (κ3) is 3.95. The third-order valence-corrected chi connectivity index (χ3v) is 5.68. The van der Waals surface area contributed by atoms with Gasteiger partial charge in [-0.2, -0.15) is 0 Å². The zero-order valence-electron chi connectivity index (χ0n) is 15.6. The summed E-state index contributed by atoms with van der Waals surface area (Å²) in [7, 11) is 0. The molecule has 0 spiro atoms. The summed E-state index contributed by atoms with van der Waals surface area (Å²) in [6, 6.07) is -0.259. The molecule has 1 saturated carbocycles. The quantitative estimate of drug-likeness (QED) is 0.666. The maximum absolute atomic E-state index is 11.3. The van der Waals surface area contributed by atoms with Crippen LogP contribution in [0.1, 0.15) is 39.2 Å². The second-order valence-electron chi connectivity index (χ2n) is 7.73. The molecule has 9 heteroatoms. The molecule has 2 fully saturated rings. The maximum atomic E-state index is 11.3. The van der Waals surface area contributed by atoms with Crippen LogP contribution in [0.15, 0.2) is 6.33 Å². The molecule has 2 aromatic rings. The van der Waals surface area contributed by atoms with Crippen molar-refractivity contribution in [2.24, 2.45) is 11.8 Å². The normalized spacial score (nSPS) is 30.7. The van der Waals surface area contributed by atoms with Crippen molar-refractivity contribution in [2.45, 2.75) is 51.4 Å². The number of aliphatic hydroxyl groups is 2. The Hall–Kier alpha value is -0.956. The summed E-state index contributed by atoms with van der Waals surface area (Å²) >= 11 is 0. The Balaban J connectivity index is 0.00000210. The molecular formula is C18H24N5O3Y-. The van der Waals surface area contributed by atoms with E-state index in [0.29, 0.717) is 35.9 Å². The van der Waals surface area contributed by atoms with Gasteiger partial charge in [-0.3, -0.25) is 4.98 Å². The van der Waals surface area contributed by atoms with Crippen molar-refractivity contribution in [2.75, 3.05) is 18.0 Å². The van der Waals surface area contributed by atoms with E-state index in [1.807, 2.05) is 11.5 Å². The standard InChI is InChI=1S/C18H24N5O3.Y/c1-10-5-14(16(26)15(10)25)23-9-20-13-7-19-18(21-17(13)23)22-4-3-12(8-22)6-11(2)24;/h9-10,12,14-16,25-26H,3-6,8H2,1-2H3;/q-1;/t10-,12-,14+,15+,16-;/m0./s1. The van der Waals surface area contributed by atoms with Gasteiger partial charge in [0, 0.05) is 63.4 Å². The van der Waals surface area contributed by atoms with Crippen LogP contribution in [-0.2, 0) is 37.5 Å². The minimum absolute atomic E-state index is 0. The molecule has 1 radical (unpaired) electrons. The fourth-order valence-corrected chi connectivity index (χ4v) is 4.24. The van der Waals surface area contributed by atoms with E-state index in [2.05, 4.69) is 26.0 Å². The van der Waals surface area contributed by atoms with Gasteiger partial charge >= 0.3 is 0 Å². The number of hydrogen-bond acceptors (Lipinski definition) is 7. The van der Waals surface area contributed by atoms with Gasteiger partial charge in [0.25, 0.3) is 0 Å². The number of Topliss-reactive ketones (excluding diaryl/α,β-unsaturated/α-hetero) is 1. The van der Waals surface area contributed by atoms with Crippen molar-refractivity contribution < 1.29 is 47.7 Å². The second kappa shape index (κ2) is 8.19. The maximum Gasteiger partial charge on any atom is 0.130 e. The molecule has 8 nitrogen and oxygen atoms in total. The van der Waals surface area contributed by atoms with Crippen LogP contribution in [0.2, 0.25) is 0 Å². The topological polar surface area (TPSA) is 104 Å². The molecular weight excluding hydrogens is 423 g/mol. The smallest absolute Gasteiger partial charge is 0.130 e. The van der Waals surface area contributed by atoms with Crippen LogP contribution in [0.3, 0.4) is 0 Å². The van der Waals surface area contributed by atoms with Gasteiger partial charge in [0.2, 0.25) is 0 Å². The predicted octanol–water partition coefficient (Wildman–Crippen LogP) is 0.732. The number of ketones is 1. The zero-order valence-corrected chi connectivity index (χ0v) is 18.5. The SMILES string of the molecule is CC(=O)C[C@@H]1CCN(c2n[c-]c3ncn([C@@H]4C[C@H](C)[C@@H](O)[C@H]4O)c3n2)C1.[Y]. The van der Waals surface area contributed by atoms with Gasteiger partial charge in [-0.05, 0) is 37.8 Å². The molecule has 143 valence electrons. The van der Waals surface area contributed by atoms with E-state index in [1.165, 1.54) is 0 Å². The summed E-state index contributed by atoms with van der Waals surface area (Å²) in [4.78, 5) is 26.7. The summed E-state index contributed by atoms with van der Waals surface area (Å²) in [6.07, 6.45) is 5.19. The molecule has 2 aromatic heterocycles. The monoisotopic (exact) mass is 447 g/mol. The van der Waals surface area contributed by atoms with Crippen LogP contribution in [0.5, 0.6) is 0 Å². The number of rotatable bonds is 4. The van der Waals surface area contributed by atoms with E-state index in [1.54, 1.807) is 13.3 Å². The number of carbonyl (C=O) groups excluding carboxylic acids is 1. The number of hydrogen-bond donors (Lipinski definition) is 2. The van der Waals surface area contributed by atoms with Crippen LogP contribution < -0.4 is 4.90 Å². The first-order valence-electron chi connectivity index (χ1n) is 9.16. The molecule has 1 aliphatic carbocycles. The summed E-state index contributed by atoms with van der Waals surface area (Å²) in [5.41, 5.74) is 1.17. The Kier molecular flexibility index (Phi) is 6.30. The molecule has 2 N–H and O–H groups in total. The van der Waals surface area contributed by atoms with Crippen molar-refractivity contribution >= 4 is 22.9 Å². The van der Waals surface area contributed by atoms with Crippen molar-refractivity contribution in [3.63, 3.8) is 0 Å². The molecule has 1 saturated heterocycles. The first-order chi connectivity index (χ1) is 12.4. The number of aliphatic hydroxyl groups excluding tert-OH is 2. The Morgan fingerprint density at radius 1 is 1.37 bits per heavy atom. The predicted molar refractivity (Wildman–Crippen MR) is 94.6 cm³/mol. The average molecular weight is 447 g/mol. The molecule has 0 bridgehead atoms. The molecule has 27 heavy (non-hydrogen) atoms. The minimum Gasteiger partial charge on any atom is -0.393 e. The Bertz CT molecular complexity index is 828. The fourth-order valence-electron chi connectivity index (χ4n) is 4.24. The van der Waals surface area contributed by atoms with Gasteiger partial charge in [-0.1, -0.05) is 6.92 Å². The summed E-state index contributed by atoms with van der Waals surface area (Å²) in [6.45, 7) is 5.13. The van der Waals surface area contributed by atoms with E-state index < -0.39 is 12.2 Å². The average Bonchev–Trinajstić information content (AvgIpc) is 3.29. The Morgan fingerprint density at radius 2 is 2.15 bits per heavy atom. The van der Waals surface area contributed by atoms with E-state index in [-0.39, 0.29) is 50.5 Å². The molecule has 5 atom stereocenters. The first kappa shape index (κ1) is 20.8. The van der Waals surface area contributed by atoms with Crippen LogP contribution in [0.25, 0.3) is 11.2 Å². The van der Waals surface area contributed by atoms with E-state index >= 15 is 0 Å². The summed E-state index contributed by atoms with van der Waals surface area (Å²) in [5.74, 6) is 1.14. The van der Waals surface area contributed by atoms with Crippen LogP contribution in [0.4, 0.5) is 5.95 Å². The number of imidazole rings is 1. The Morgan fingerprint density at radius 3 is 2.81 bits per heavy atom. The number of nitrogens with zero attached hydrogens (tertiary/aromatic N) is 5. The van der Waals surface area contributed by atoms with Crippen LogP contribution >= 0.6 is 0 Å². The van der Waals surface area contributed by atoms with E-state index in [0.717, 1.165) is 19.5 Å². The summed E-state index contributed by atoms with van der Waals surface area (Å²) in [5, 5.41) is 20.4. The van der Waals surface area contributed by atoms with Crippen molar-refractivity contribution in [3.05, 3.63) is 12.5 Å². The van der Waals surface area contributed by atoms with Crippen molar-refractivity contribution in [3.8, 4) is 0 Å². The number of fused-ring (bicyclic) bond motifs is 1. The fraction of sp³-hybridized carbons (Fsp3) is 0.667. The van der Waals surface area contributed by atoms with Crippen LogP contribution in [-0.4, -0.2) is 60.8 Å². The number of anilines is 1. The molecule has 0 amide bonds. The number of carbonyl (C=O) groups is 1. The minimum atomic E-state index is -0.840. The second-order valence-corrected chi connectivity index (χ2v) is 7.73. The zero-order chi connectivity index (χ0) is 18.4. The molecule has 4 rings (SSSR count). The number of aromatic nitrogens is 4. The molecule has 0 aromatic carbocycles. The molecule has 1 aliphatic heterocycles. The summed E-state index contributed by atoms with van der Waals surface area (Å²) < 4.78 is 1.83.